The molecule has 0 radical (unpaired) electrons. The van der Waals surface area contributed by atoms with Crippen LogP contribution in [0.4, 0.5) is 0 Å². The van der Waals surface area contributed by atoms with Crippen molar-refractivity contribution in [2.75, 3.05) is 67.1 Å². The van der Waals surface area contributed by atoms with Gasteiger partial charge in [-0.2, -0.15) is 0 Å². The van der Waals surface area contributed by atoms with Crippen LogP contribution < -0.4 is 10.6 Å². The van der Waals surface area contributed by atoms with Gasteiger partial charge in [-0.3, -0.25) is 0 Å². The topological polar surface area (TPSA) is 39.8 Å². The quantitative estimate of drug-likeness (QED) is 0.760. The van der Waals surface area contributed by atoms with E-state index < -0.39 is 0 Å². The second kappa shape index (κ2) is 10.5. The van der Waals surface area contributed by atoms with E-state index in [-0.39, 0.29) is 0 Å². The van der Waals surface area contributed by atoms with E-state index in [0.717, 1.165) is 39.3 Å². The third-order valence-electron chi connectivity index (χ3n) is 3.94. The first kappa shape index (κ1) is 17.9. The summed E-state index contributed by atoms with van der Waals surface area (Å²) < 4.78 is 5.34. The van der Waals surface area contributed by atoms with E-state index in [1.165, 1.54) is 19.4 Å². The summed E-state index contributed by atoms with van der Waals surface area (Å²) in [5.41, 5.74) is 0. The molecule has 0 aromatic rings. The number of nitrogens with one attached hydrogen (secondary N) is 2. The molecule has 0 aromatic heterocycles. The molecule has 20 heavy (non-hydrogen) atoms. The van der Waals surface area contributed by atoms with Crippen LogP contribution in [0.1, 0.15) is 19.8 Å². The maximum atomic E-state index is 5.34. The molecular weight excluding hydrogens is 252 g/mol. The van der Waals surface area contributed by atoms with Crippen LogP contribution in [0.5, 0.6) is 0 Å². The highest BCUT2D eigenvalue weighted by molar-refractivity contribution is 4.75. The molecule has 1 rings (SSSR count). The van der Waals surface area contributed by atoms with E-state index in [2.05, 4.69) is 41.5 Å². The summed E-state index contributed by atoms with van der Waals surface area (Å²) in [6, 6.07) is 0.919. The van der Waals surface area contributed by atoms with Gasteiger partial charge in [0.25, 0.3) is 0 Å². The number of rotatable bonds is 2. The Bertz CT molecular complexity index is 240. The Morgan fingerprint density at radius 3 is 2.55 bits per heavy atom. The Morgan fingerprint density at radius 2 is 1.80 bits per heavy atom. The van der Waals surface area contributed by atoms with Crippen molar-refractivity contribution in [2.24, 2.45) is 0 Å². The summed E-state index contributed by atoms with van der Waals surface area (Å²) in [6.45, 7) is 9.63. The Morgan fingerprint density at radius 1 is 1.05 bits per heavy atom. The maximum Gasteiger partial charge on any atom is 0.0628 e. The number of likely N-dealkylation sites (N-methyl/N-ethyl adjacent to an activating group) is 2. The van der Waals surface area contributed by atoms with Crippen molar-refractivity contribution >= 4 is 0 Å². The van der Waals surface area contributed by atoms with Crippen LogP contribution >= 0.6 is 0 Å². The zero-order valence-corrected chi connectivity index (χ0v) is 13.8. The van der Waals surface area contributed by atoms with Gasteiger partial charge in [-0.25, -0.2) is 0 Å². The second-order valence-corrected chi connectivity index (χ2v) is 6.19. The highest BCUT2D eigenvalue weighted by Gasteiger charge is 2.13. The van der Waals surface area contributed by atoms with Crippen molar-refractivity contribution in [3.63, 3.8) is 0 Å². The highest BCUT2D eigenvalue weighted by Crippen LogP contribution is 1.97. The molecular formula is C15H34N4O. The standard InChI is InChI=1S/C15H34N4O/c1-14-11-17-15(13-20-4)12-19(3)10-9-18(2)8-6-5-7-16-14/h14-17H,5-13H2,1-4H3. The van der Waals surface area contributed by atoms with Gasteiger partial charge < -0.3 is 25.2 Å². The smallest absolute Gasteiger partial charge is 0.0628 e. The predicted molar refractivity (Wildman–Crippen MR) is 85.4 cm³/mol. The summed E-state index contributed by atoms with van der Waals surface area (Å²) >= 11 is 0. The average molecular weight is 286 g/mol. The molecule has 0 saturated carbocycles. The third-order valence-corrected chi connectivity index (χ3v) is 3.94. The molecule has 2 unspecified atom stereocenters. The van der Waals surface area contributed by atoms with Gasteiger partial charge in [0.05, 0.1) is 6.61 Å². The van der Waals surface area contributed by atoms with Gasteiger partial charge in [0, 0.05) is 45.4 Å². The Balaban J connectivity index is 2.47. The van der Waals surface area contributed by atoms with Gasteiger partial charge in [-0.15, -0.1) is 0 Å². The van der Waals surface area contributed by atoms with Crippen molar-refractivity contribution < 1.29 is 4.74 Å². The summed E-state index contributed by atoms with van der Waals surface area (Å²) in [6.07, 6.45) is 2.53. The Labute approximate surface area is 125 Å². The molecule has 1 heterocycles. The van der Waals surface area contributed by atoms with E-state index in [4.69, 9.17) is 4.74 Å². The molecule has 0 spiro atoms. The first-order chi connectivity index (χ1) is 9.61. The lowest BCUT2D eigenvalue weighted by Gasteiger charge is -2.28. The van der Waals surface area contributed by atoms with E-state index in [1.54, 1.807) is 7.11 Å². The Kier molecular flexibility index (Phi) is 9.39. The first-order valence-corrected chi connectivity index (χ1v) is 7.94. The van der Waals surface area contributed by atoms with Gasteiger partial charge >= 0.3 is 0 Å². The predicted octanol–water partition coefficient (Wildman–Crippen LogP) is 0.227. The van der Waals surface area contributed by atoms with Crippen LogP contribution in [0.2, 0.25) is 0 Å². The van der Waals surface area contributed by atoms with Crippen molar-refractivity contribution in [3.05, 3.63) is 0 Å². The number of hydrogen-bond acceptors (Lipinski definition) is 5. The lowest BCUT2D eigenvalue weighted by atomic mass is 10.2. The molecule has 0 aromatic carbocycles. The molecule has 120 valence electrons. The van der Waals surface area contributed by atoms with Crippen LogP contribution in [-0.4, -0.2) is 89.0 Å². The van der Waals surface area contributed by atoms with E-state index in [1.807, 2.05) is 0 Å². The molecule has 0 amide bonds. The SMILES string of the molecule is COCC1CN(C)CCN(C)CCCCNC(C)CN1. The molecule has 5 nitrogen and oxygen atoms in total. The van der Waals surface area contributed by atoms with Gasteiger partial charge in [-0.05, 0) is 47.0 Å². The van der Waals surface area contributed by atoms with E-state index in [0.29, 0.717) is 12.1 Å². The molecule has 0 aliphatic carbocycles. The number of methoxy groups -OCH3 is 1. The van der Waals surface area contributed by atoms with Gasteiger partial charge in [0.2, 0.25) is 0 Å². The molecule has 0 bridgehead atoms. The lowest BCUT2D eigenvalue weighted by molar-refractivity contribution is 0.140. The summed E-state index contributed by atoms with van der Waals surface area (Å²) in [4.78, 5) is 4.83. The van der Waals surface area contributed by atoms with E-state index >= 15 is 0 Å². The minimum absolute atomic E-state index is 0.405. The van der Waals surface area contributed by atoms with E-state index in [9.17, 15) is 0 Å². The molecule has 5 heteroatoms. The molecule has 2 N–H and O–H groups in total. The molecule has 1 saturated heterocycles. The fourth-order valence-corrected chi connectivity index (χ4v) is 2.57. The second-order valence-electron chi connectivity index (χ2n) is 6.19. The van der Waals surface area contributed by atoms with Crippen LogP contribution in [0.3, 0.4) is 0 Å². The van der Waals surface area contributed by atoms with Gasteiger partial charge in [-0.1, -0.05) is 0 Å². The number of nitrogens with zero attached hydrogens (tertiary/aromatic N) is 2. The van der Waals surface area contributed by atoms with Crippen molar-refractivity contribution in [2.45, 2.75) is 31.8 Å². The summed E-state index contributed by atoms with van der Waals surface area (Å²) in [7, 11) is 6.20. The zero-order valence-electron chi connectivity index (χ0n) is 13.8. The molecule has 2 atom stereocenters. The lowest BCUT2D eigenvalue weighted by Crippen LogP contribution is -2.48. The average Bonchev–Trinajstić information content (AvgIpc) is 2.41. The summed E-state index contributed by atoms with van der Waals surface area (Å²) in [5, 5.41) is 7.21. The largest absolute Gasteiger partial charge is 0.383 e. The molecule has 1 aliphatic heterocycles. The fraction of sp³-hybridized carbons (Fsp3) is 1.00. The maximum absolute atomic E-state index is 5.34. The van der Waals surface area contributed by atoms with Crippen molar-refractivity contribution in [1.29, 1.82) is 0 Å². The van der Waals surface area contributed by atoms with Gasteiger partial charge in [0.1, 0.15) is 0 Å². The molecule has 1 fully saturated rings. The first-order valence-electron chi connectivity index (χ1n) is 7.94. The van der Waals surface area contributed by atoms with Gasteiger partial charge in [0.15, 0.2) is 0 Å². The minimum atomic E-state index is 0.405. The molecule has 1 aliphatic rings. The monoisotopic (exact) mass is 286 g/mol. The normalized spacial score (nSPS) is 30.0. The third kappa shape index (κ3) is 8.17. The number of ether oxygens (including phenoxy) is 1. The summed E-state index contributed by atoms with van der Waals surface area (Å²) in [5.74, 6) is 0. The van der Waals surface area contributed by atoms with Crippen LogP contribution in [0.25, 0.3) is 0 Å². The van der Waals surface area contributed by atoms with Crippen molar-refractivity contribution in [3.8, 4) is 0 Å². The fourth-order valence-electron chi connectivity index (χ4n) is 2.57. The zero-order chi connectivity index (χ0) is 14.8. The van der Waals surface area contributed by atoms with Crippen LogP contribution in [-0.2, 0) is 4.74 Å². The minimum Gasteiger partial charge on any atom is -0.383 e. The highest BCUT2D eigenvalue weighted by atomic mass is 16.5. The number of hydrogen-bond donors (Lipinski definition) is 2. The van der Waals surface area contributed by atoms with Crippen molar-refractivity contribution in [1.82, 2.24) is 20.4 Å². The Hall–Kier alpha value is -0.200. The van der Waals surface area contributed by atoms with Crippen LogP contribution in [0.15, 0.2) is 0 Å². The van der Waals surface area contributed by atoms with Crippen LogP contribution in [0, 0.1) is 0 Å².